The van der Waals surface area contributed by atoms with Crippen molar-refractivity contribution in [2.75, 3.05) is 38.1 Å². The standard InChI is InChI=1S/C16H24N4O3/c1-11(2)14(16(22)23)18-15(21)12-4-5-17-13(10-12)20-8-6-19(3)7-9-20/h4-5,10-11,14H,6-9H2,1-3H3,(H,18,21)(H,22,23)/t14-/m0/s1. The monoisotopic (exact) mass is 320 g/mol. The molecule has 2 heterocycles. The number of anilines is 1. The van der Waals surface area contributed by atoms with Crippen LogP contribution in [0.25, 0.3) is 0 Å². The molecule has 23 heavy (non-hydrogen) atoms. The van der Waals surface area contributed by atoms with Gasteiger partial charge < -0.3 is 20.2 Å². The van der Waals surface area contributed by atoms with Gasteiger partial charge in [0.15, 0.2) is 0 Å². The van der Waals surface area contributed by atoms with Gasteiger partial charge in [-0.25, -0.2) is 9.78 Å². The van der Waals surface area contributed by atoms with Crippen LogP contribution in [0.3, 0.4) is 0 Å². The Morgan fingerprint density at radius 3 is 2.48 bits per heavy atom. The highest BCUT2D eigenvalue weighted by molar-refractivity contribution is 5.97. The number of carboxylic acids is 1. The predicted molar refractivity (Wildman–Crippen MR) is 87.7 cm³/mol. The maximum absolute atomic E-state index is 12.3. The molecule has 1 aromatic heterocycles. The molecule has 0 saturated carbocycles. The zero-order valence-corrected chi connectivity index (χ0v) is 13.8. The molecule has 7 nitrogen and oxygen atoms in total. The summed E-state index contributed by atoms with van der Waals surface area (Å²) < 4.78 is 0. The lowest BCUT2D eigenvalue weighted by Gasteiger charge is -2.33. The zero-order chi connectivity index (χ0) is 17.0. The molecule has 1 amide bonds. The van der Waals surface area contributed by atoms with Crippen molar-refractivity contribution in [1.82, 2.24) is 15.2 Å². The first kappa shape index (κ1) is 17.2. The Balaban J connectivity index is 2.09. The van der Waals surface area contributed by atoms with Gasteiger partial charge in [0.2, 0.25) is 0 Å². The minimum absolute atomic E-state index is 0.185. The number of likely N-dealkylation sites (N-methyl/N-ethyl adjacent to an activating group) is 1. The summed E-state index contributed by atoms with van der Waals surface area (Å²) >= 11 is 0. The summed E-state index contributed by atoms with van der Waals surface area (Å²) in [6.45, 7) is 7.15. The van der Waals surface area contributed by atoms with E-state index in [0.717, 1.165) is 32.0 Å². The molecule has 0 unspecified atom stereocenters. The van der Waals surface area contributed by atoms with Gasteiger partial charge in [-0.3, -0.25) is 4.79 Å². The summed E-state index contributed by atoms with van der Waals surface area (Å²) in [5, 5.41) is 11.8. The summed E-state index contributed by atoms with van der Waals surface area (Å²) in [5.74, 6) is -0.844. The lowest BCUT2D eigenvalue weighted by molar-refractivity contribution is -0.140. The summed E-state index contributed by atoms with van der Waals surface area (Å²) in [4.78, 5) is 32.2. The summed E-state index contributed by atoms with van der Waals surface area (Å²) in [6, 6.07) is 2.43. The number of aromatic nitrogens is 1. The van der Waals surface area contributed by atoms with Crippen molar-refractivity contribution >= 4 is 17.7 Å². The first-order chi connectivity index (χ1) is 10.9. The number of piperazine rings is 1. The minimum Gasteiger partial charge on any atom is -0.480 e. The number of hydrogen-bond acceptors (Lipinski definition) is 5. The summed E-state index contributed by atoms with van der Waals surface area (Å²) in [6.07, 6.45) is 1.59. The minimum atomic E-state index is -1.03. The van der Waals surface area contributed by atoms with E-state index in [1.807, 2.05) is 0 Å². The van der Waals surface area contributed by atoms with Crippen LogP contribution in [0.5, 0.6) is 0 Å². The van der Waals surface area contributed by atoms with E-state index in [-0.39, 0.29) is 11.8 Å². The molecule has 0 radical (unpaired) electrons. The van der Waals surface area contributed by atoms with E-state index in [2.05, 4.69) is 27.1 Å². The Morgan fingerprint density at radius 2 is 1.91 bits per heavy atom. The van der Waals surface area contributed by atoms with Gasteiger partial charge in [-0.15, -0.1) is 0 Å². The normalized spacial score (nSPS) is 17.1. The summed E-state index contributed by atoms with van der Waals surface area (Å²) in [5.41, 5.74) is 0.431. The van der Waals surface area contributed by atoms with Crippen LogP contribution in [0.15, 0.2) is 18.3 Å². The van der Waals surface area contributed by atoms with E-state index in [9.17, 15) is 14.7 Å². The largest absolute Gasteiger partial charge is 0.480 e. The van der Waals surface area contributed by atoms with Crippen molar-refractivity contribution in [3.63, 3.8) is 0 Å². The zero-order valence-electron chi connectivity index (χ0n) is 13.8. The number of hydrogen-bond donors (Lipinski definition) is 2. The van der Waals surface area contributed by atoms with Crippen molar-refractivity contribution in [2.24, 2.45) is 5.92 Å². The molecule has 1 aliphatic rings. The number of carbonyl (C=O) groups excluding carboxylic acids is 1. The number of aliphatic carboxylic acids is 1. The van der Waals surface area contributed by atoms with Crippen LogP contribution < -0.4 is 10.2 Å². The summed E-state index contributed by atoms with van der Waals surface area (Å²) in [7, 11) is 2.08. The highest BCUT2D eigenvalue weighted by Crippen LogP contribution is 2.15. The predicted octanol–water partition coefficient (Wildman–Crippen LogP) is 0.672. The molecule has 0 aliphatic carbocycles. The molecule has 0 spiro atoms. The Bertz CT molecular complexity index is 568. The molecule has 2 rings (SSSR count). The van der Waals surface area contributed by atoms with Crippen molar-refractivity contribution < 1.29 is 14.7 Å². The first-order valence-electron chi connectivity index (χ1n) is 7.81. The van der Waals surface area contributed by atoms with E-state index in [1.165, 1.54) is 0 Å². The number of nitrogens with zero attached hydrogens (tertiary/aromatic N) is 3. The molecular weight excluding hydrogens is 296 g/mol. The van der Waals surface area contributed by atoms with E-state index < -0.39 is 12.0 Å². The topological polar surface area (TPSA) is 85.8 Å². The molecule has 1 aliphatic heterocycles. The molecule has 1 atom stereocenters. The first-order valence-corrected chi connectivity index (χ1v) is 7.81. The molecule has 1 fully saturated rings. The van der Waals surface area contributed by atoms with Crippen LogP contribution in [0.1, 0.15) is 24.2 Å². The fourth-order valence-electron chi connectivity index (χ4n) is 2.51. The Kier molecular flexibility index (Phi) is 5.54. The third-order valence-electron chi connectivity index (χ3n) is 4.05. The average Bonchev–Trinajstić information content (AvgIpc) is 2.52. The number of carboxylic acid groups (broad SMARTS) is 1. The van der Waals surface area contributed by atoms with Crippen LogP contribution >= 0.6 is 0 Å². The highest BCUT2D eigenvalue weighted by Gasteiger charge is 2.24. The molecule has 1 saturated heterocycles. The SMILES string of the molecule is CC(C)[C@H](NC(=O)c1ccnc(N2CCN(C)CC2)c1)C(=O)O. The fourth-order valence-corrected chi connectivity index (χ4v) is 2.51. The van der Waals surface area contributed by atoms with Gasteiger partial charge in [-0.2, -0.15) is 0 Å². The maximum Gasteiger partial charge on any atom is 0.326 e. The maximum atomic E-state index is 12.3. The second-order valence-electron chi connectivity index (χ2n) is 6.23. The van der Waals surface area contributed by atoms with E-state index in [0.29, 0.717) is 5.56 Å². The van der Waals surface area contributed by atoms with Crippen LogP contribution in [0.2, 0.25) is 0 Å². The third kappa shape index (κ3) is 4.41. The van der Waals surface area contributed by atoms with Crippen molar-refractivity contribution in [2.45, 2.75) is 19.9 Å². The lowest BCUT2D eigenvalue weighted by Crippen LogP contribution is -2.45. The van der Waals surface area contributed by atoms with Crippen molar-refractivity contribution in [1.29, 1.82) is 0 Å². The van der Waals surface area contributed by atoms with E-state index in [1.54, 1.807) is 32.2 Å². The molecule has 0 bridgehead atoms. The Labute approximate surface area is 136 Å². The molecule has 2 N–H and O–H groups in total. The van der Waals surface area contributed by atoms with Gasteiger partial charge in [0.05, 0.1) is 0 Å². The number of rotatable bonds is 5. The Morgan fingerprint density at radius 1 is 1.26 bits per heavy atom. The highest BCUT2D eigenvalue weighted by atomic mass is 16.4. The van der Waals surface area contributed by atoms with Crippen LogP contribution in [-0.2, 0) is 4.79 Å². The van der Waals surface area contributed by atoms with E-state index in [4.69, 9.17) is 0 Å². The average molecular weight is 320 g/mol. The third-order valence-corrected chi connectivity index (χ3v) is 4.05. The van der Waals surface area contributed by atoms with Gasteiger partial charge >= 0.3 is 5.97 Å². The smallest absolute Gasteiger partial charge is 0.326 e. The van der Waals surface area contributed by atoms with Crippen LogP contribution in [0.4, 0.5) is 5.82 Å². The van der Waals surface area contributed by atoms with Gasteiger partial charge in [0.1, 0.15) is 11.9 Å². The fraction of sp³-hybridized carbons (Fsp3) is 0.562. The number of nitrogens with one attached hydrogen (secondary N) is 1. The van der Waals surface area contributed by atoms with E-state index >= 15 is 0 Å². The number of carbonyl (C=O) groups is 2. The molecule has 0 aromatic carbocycles. The second kappa shape index (κ2) is 7.41. The molecule has 7 heteroatoms. The van der Waals surface area contributed by atoms with Crippen LogP contribution in [-0.4, -0.2) is 66.1 Å². The van der Waals surface area contributed by atoms with Crippen LogP contribution in [0, 0.1) is 5.92 Å². The Hall–Kier alpha value is -2.15. The van der Waals surface area contributed by atoms with Gasteiger partial charge in [-0.05, 0) is 25.1 Å². The van der Waals surface area contributed by atoms with Gasteiger partial charge in [0.25, 0.3) is 5.91 Å². The number of amides is 1. The number of pyridine rings is 1. The lowest BCUT2D eigenvalue weighted by atomic mass is 10.0. The van der Waals surface area contributed by atoms with Gasteiger partial charge in [-0.1, -0.05) is 13.8 Å². The second-order valence-corrected chi connectivity index (χ2v) is 6.23. The molecule has 1 aromatic rings. The van der Waals surface area contributed by atoms with Crippen molar-refractivity contribution in [3.8, 4) is 0 Å². The van der Waals surface area contributed by atoms with Gasteiger partial charge in [0, 0.05) is 37.9 Å². The molecule has 126 valence electrons. The molecular formula is C16H24N4O3. The van der Waals surface area contributed by atoms with Crippen molar-refractivity contribution in [3.05, 3.63) is 23.9 Å². The quantitative estimate of drug-likeness (QED) is 0.829.